The molecule has 1 unspecified atom stereocenters. The third-order valence-corrected chi connectivity index (χ3v) is 4.33. The first-order chi connectivity index (χ1) is 7.99. The smallest absolute Gasteiger partial charge is 0.162 e. The molecule has 0 heterocycles. The average Bonchev–Trinajstić information content (AvgIpc) is 2.28. The highest BCUT2D eigenvalue weighted by atomic mass is 19.2. The Bertz CT molecular complexity index is 419. The highest BCUT2D eigenvalue weighted by Gasteiger charge is 2.39. The van der Waals surface area contributed by atoms with E-state index in [1.54, 1.807) is 6.07 Å². The largest absolute Gasteiger partial charge is 0.204 e. The van der Waals surface area contributed by atoms with Crippen LogP contribution in [0.4, 0.5) is 8.78 Å². The van der Waals surface area contributed by atoms with Crippen LogP contribution in [0.15, 0.2) is 12.1 Å². The Morgan fingerprint density at radius 2 is 1.94 bits per heavy atom. The molecule has 0 aromatic heterocycles. The van der Waals surface area contributed by atoms with Crippen molar-refractivity contribution in [3.05, 3.63) is 34.9 Å². The molecule has 1 aliphatic carbocycles. The van der Waals surface area contributed by atoms with E-state index in [9.17, 15) is 8.78 Å². The van der Waals surface area contributed by atoms with Crippen LogP contribution >= 0.6 is 0 Å². The van der Waals surface area contributed by atoms with Crippen molar-refractivity contribution in [1.82, 2.24) is 0 Å². The van der Waals surface area contributed by atoms with Crippen molar-refractivity contribution in [2.75, 3.05) is 0 Å². The molecule has 17 heavy (non-hydrogen) atoms. The maximum atomic E-state index is 14.1. The van der Waals surface area contributed by atoms with Crippen molar-refractivity contribution >= 4 is 0 Å². The first kappa shape index (κ1) is 12.5. The molecule has 1 aromatic carbocycles. The zero-order chi connectivity index (χ0) is 12.6. The summed E-state index contributed by atoms with van der Waals surface area (Å²) in [7, 11) is 0. The maximum Gasteiger partial charge on any atom is 0.162 e. The van der Waals surface area contributed by atoms with Crippen LogP contribution in [-0.2, 0) is 5.41 Å². The molecule has 94 valence electrons. The minimum atomic E-state index is -0.708. The van der Waals surface area contributed by atoms with Crippen LogP contribution in [0, 0.1) is 11.6 Å². The van der Waals surface area contributed by atoms with Crippen LogP contribution in [0.2, 0.25) is 0 Å². The summed E-state index contributed by atoms with van der Waals surface area (Å²) in [5, 5.41) is 0. The molecule has 2 heteroatoms. The Morgan fingerprint density at radius 1 is 1.29 bits per heavy atom. The summed E-state index contributed by atoms with van der Waals surface area (Å²) >= 11 is 0. The molecule has 0 N–H and O–H groups in total. The lowest BCUT2D eigenvalue weighted by molar-refractivity contribution is 0.256. The van der Waals surface area contributed by atoms with Crippen LogP contribution in [0.3, 0.4) is 0 Å². The number of benzene rings is 1. The van der Waals surface area contributed by atoms with Crippen molar-refractivity contribution in [2.45, 2.75) is 57.8 Å². The molecule has 2 rings (SSSR count). The molecule has 1 atom stereocenters. The molecule has 1 aliphatic rings. The van der Waals surface area contributed by atoms with Gasteiger partial charge in [0.1, 0.15) is 0 Å². The van der Waals surface area contributed by atoms with Gasteiger partial charge in [-0.3, -0.25) is 0 Å². The maximum absolute atomic E-state index is 14.1. The van der Waals surface area contributed by atoms with Gasteiger partial charge in [-0.15, -0.1) is 0 Å². The Balaban J connectivity index is 2.56. The van der Waals surface area contributed by atoms with Gasteiger partial charge >= 0.3 is 0 Å². The number of hydrogen-bond acceptors (Lipinski definition) is 0. The predicted octanol–water partition coefficient (Wildman–Crippen LogP) is 4.92. The number of halogens is 2. The summed E-state index contributed by atoms with van der Waals surface area (Å²) in [4.78, 5) is 0. The standard InChI is InChI=1S/C15H20F2/c1-4-10(2)11-6-7-12(16)14(17)13(11)15(3)8-5-9-15/h6-7,10H,4-5,8-9H2,1-3H3. The molecule has 0 aliphatic heterocycles. The molecule has 0 radical (unpaired) electrons. The Labute approximate surface area is 102 Å². The predicted molar refractivity (Wildman–Crippen MR) is 66.3 cm³/mol. The van der Waals surface area contributed by atoms with Gasteiger partial charge in [0, 0.05) is 5.56 Å². The van der Waals surface area contributed by atoms with Crippen LogP contribution in [0.5, 0.6) is 0 Å². The molecule has 0 saturated heterocycles. The van der Waals surface area contributed by atoms with Crippen molar-refractivity contribution in [3.8, 4) is 0 Å². The molecule has 0 amide bonds. The highest BCUT2D eigenvalue weighted by Crippen LogP contribution is 2.47. The van der Waals surface area contributed by atoms with Gasteiger partial charge in [0.25, 0.3) is 0 Å². The van der Waals surface area contributed by atoms with Crippen molar-refractivity contribution in [2.24, 2.45) is 0 Å². The summed E-state index contributed by atoms with van der Waals surface area (Å²) in [5.74, 6) is -1.04. The van der Waals surface area contributed by atoms with Gasteiger partial charge in [-0.05, 0) is 42.2 Å². The van der Waals surface area contributed by atoms with E-state index in [4.69, 9.17) is 0 Å². The monoisotopic (exact) mass is 238 g/mol. The first-order valence-corrected chi connectivity index (χ1v) is 6.48. The number of hydrogen-bond donors (Lipinski definition) is 0. The summed E-state index contributed by atoms with van der Waals surface area (Å²) in [6, 6.07) is 3.04. The van der Waals surface area contributed by atoms with Crippen molar-refractivity contribution < 1.29 is 8.78 Å². The molecule has 0 nitrogen and oxygen atoms in total. The van der Waals surface area contributed by atoms with E-state index >= 15 is 0 Å². The van der Waals surface area contributed by atoms with Gasteiger partial charge in [-0.1, -0.05) is 33.3 Å². The van der Waals surface area contributed by atoms with E-state index in [1.165, 1.54) is 6.07 Å². The molecule has 1 aromatic rings. The van der Waals surface area contributed by atoms with Gasteiger partial charge in [-0.25, -0.2) is 8.78 Å². The van der Waals surface area contributed by atoms with Gasteiger partial charge in [-0.2, -0.15) is 0 Å². The van der Waals surface area contributed by atoms with E-state index in [2.05, 4.69) is 20.8 Å². The SMILES string of the molecule is CCC(C)c1ccc(F)c(F)c1C1(C)CCC1. The fraction of sp³-hybridized carbons (Fsp3) is 0.600. The molecule has 1 saturated carbocycles. The van der Waals surface area contributed by atoms with E-state index in [0.717, 1.165) is 31.2 Å². The Hall–Kier alpha value is -0.920. The van der Waals surface area contributed by atoms with Crippen LogP contribution in [0.1, 0.15) is 63.5 Å². The molecule has 1 fully saturated rings. The zero-order valence-corrected chi connectivity index (χ0v) is 10.8. The second-order valence-electron chi connectivity index (χ2n) is 5.55. The van der Waals surface area contributed by atoms with Gasteiger partial charge in [0.2, 0.25) is 0 Å². The third kappa shape index (κ3) is 1.98. The summed E-state index contributed by atoms with van der Waals surface area (Å²) < 4.78 is 27.5. The second kappa shape index (κ2) is 4.40. The Morgan fingerprint density at radius 3 is 2.41 bits per heavy atom. The highest BCUT2D eigenvalue weighted by molar-refractivity contribution is 5.39. The first-order valence-electron chi connectivity index (χ1n) is 6.48. The minimum absolute atomic E-state index is 0.148. The molecular formula is C15H20F2. The van der Waals surface area contributed by atoms with Crippen LogP contribution in [-0.4, -0.2) is 0 Å². The van der Waals surface area contributed by atoms with E-state index in [0.29, 0.717) is 5.56 Å². The van der Waals surface area contributed by atoms with E-state index in [1.807, 2.05) is 0 Å². The fourth-order valence-corrected chi connectivity index (χ4v) is 2.77. The lowest BCUT2D eigenvalue weighted by Gasteiger charge is -2.41. The molecule has 0 bridgehead atoms. The zero-order valence-electron chi connectivity index (χ0n) is 10.8. The normalized spacial score (nSPS) is 19.8. The van der Waals surface area contributed by atoms with Crippen molar-refractivity contribution in [3.63, 3.8) is 0 Å². The lowest BCUT2D eigenvalue weighted by Crippen LogP contribution is -2.33. The quantitative estimate of drug-likeness (QED) is 0.701. The topological polar surface area (TPSA) is 0 Å². The fourth-order valence-electron chi connectivity index (χ4n) is 2.77. The van der Waals surface area contributed by atoms with Gasteiger partial charge < -0.3 is 0 Å². The number of rotatable bonds is 3. The third-order valence-electron chi connectivity index (χ3n) is 4.33. The summed E-state index contributed by atoms with van der Waals surface area (Å²) in [6.45, 7) is 6.22. The van der Waals surface area contributed by atoms with E-state index in [-0.39, 0.29) is 11.3 Å². The van der Waals surface area contributed by atoms with Crippen LogP contribution in [0.25, 0.3) is 0 Å². The van der Waals surface area contributed by atoms with Gasteiger partial charge in [0.05, 0.1) is 0 Å². The van der Waals surface area contributed by atoms with E-state index < -0.39 is 11.6 Å². The minimum Gasteiger partial charge on any atom is -0.204 e. The van der Waals surface area contributed by atoms with Gasteiger partial charge in [0.15, 0.2) is 11.6 Å². The molecule has 0 spiro atoms. The lowest BCUT2D eigenvalue weighted by atomic mass is 9.63. The second-order valence-corrected chi connectivity index (χ2v) is 5.55. The average molecular weight is 238 g/mol. The summed E-state index contributed by atoms with van der Waals surface area (Å²) in [6.07, 6.45) is 4.01. The molecular weight excluding hydrogens is 218 g/mol. The summed E-state index contributed by atoms with van der Waals surface area (Å²) in [5.41, 5.74) is 1.48. The Kier molecular flexibility index (Phi) is 3.24. The van der Waals surface area contributed by atoms with Crippen molar-refractivity contribution in [1.29, 1.82) is 0 Å². The van der Waals surface area contributed by atoms with Crippen LogP contribution < -0.4 is 0 Å².